The number of hydrogen-bond donors (Lipinski definition) is 4. The van der Waals surface area contributed by atoms with E-state index in [0.29, 0.717) is 0 Å². The Bertz CT molecular complexity index is 934. The van der Waals surface area contributed by atoms with E-state index in [1.807, 2.05) is 5.10 Å². The molecule has 3 rings (SSSR count). The van der Waals surface area contributed by atoms with Crippen LogP contribution in [0, 0.1) is 5.82 Å². The number of H-pyrrole nitrogens is 1. The van der Waals surface area contributed by atoms with Crippen LogP contribution >= 0.6 is 0 Å². The highest BCUT2D eigenvalue weighted by atomic mass is 19.4. The molecule has 0 aliphatic rings. The second-order valence-electron chi connectivity index (χ2n) is 5.16. The molecule has 0 aliphatic heterocycles. The Morgan fingerprint density at radius 1 is 0.880 bits per heavy atom. The van der Waals surface area contributed by atoms with E-state index in [0.717, 1.165) is 36.4 Å². The van der Waals surface area contributed by atoms with Crippen LogP contribution in [0.3, 0.4) is 0 Å². The summed E-state index contributed by atoms with van der Waals surface area (Å²) in [6.07, 6.45) is -4.79. The summed E-state index contributed by atoms with van der Waals surface area (Å²) in [6, 6.07) is 6.35. The summed E-state index contributed by atoms with van der Waals surface area (Å²) >= 11 is 0. The largest absolute Gasteiger partial charge is 0.504 e. The number of nitrogens with one attached hydrogen (secondary N) is 1. The first kappa shape index (κ1) is 16.6. The second-order valence-corrected chi connectivity index (χ2v) is 5.16. The summed E-state index contributed by atoms with van der Waals surface area (Å²) in [5.74, 6) is -2.99. The monoisotopic (exact) mass is 354 g/mol. The highest BCUT2D eigenvalue weighted by molar-refractivity contribution is 5.86. The van der Waals surface area contributed by atoms with E-state index in [9.17, 15) is 32.9 Å². The van der Waals surface area contributed by atoms with E-state index in [-0.39, 0.29) is 16.8 Å². The molecule has 25 heavy (non-hydrogen) atoms. The zero-order chi connectivity index (χ0) is 18.4. The van der Waals surface area contributed by atoms with E-state index in [4.69, 9.17) is 0 Å². The van der Waals surface area contributed by atoms with Gasteiger partial charge in [0.1, 0.15) is 17.2 Å². The first-order chi connectivity index (χ1) is 11.7. The molecule has 0 unspecified atom stereocenters. The minimum atomic E-state index is -4.79. The molecule has 0 spiro atoms. The topological polar surface area (TPSA) is 89.4 Å². The van der Waals surface area contributed by atoms with Crippen LogP contribution in [0.25, 0.3) is 22.4 Å². The van der Waals surface area contributed by atoms with Crippen molar-refractivity contribution in [2.45, 2.75) is 6.18 Å². The van der Waals surface area contributed by atoms with Gasteiger partial charge in [-0.15, -0.1) is 0 Å². The number of phenols is 3. The molecule has 0 saturated heterocycles. The maximum Gasteiger partial charge on any atom is 0.433 e. The van der Waals surface area contributed by atoms with Gasteiger partial charge in [-0.3, -0.25) is 5.10 Å². The van der Waals surface area contributed by atoms with E-state index < -0.39 is 40.5 Å². The molecule has 0 aliphatic carbocycles. The lowest BCUT2D eigenvalue weighted by Gasteiger charge is -2.11. The Morgan fingerprint density at radius 3 is 2.12 bits per heavy atom. The highest BCUT2D eigenvalue weighted by Crippen LogP contribution is 2.47. The third kappa shape index (κ3) is 2.84. The number of rotatable bonds is 2. The molecule has 1 heterocycles. The van der Waals surface area contributed by atoms with E-state index in [1.54, 1.807) is 0 Å². The minimum Gasteiger partial charge on any atom is -0.504 e. The third-order valence-corrected chi connectivity index (χ3v) is 3.57. The van der Waals surface area contributed by atoms with E-state index >= 15 is 0 Å². The first-order valence-corrected chi connectivity index (χ1v) is 6.86. The number of hydrogen-bond acceptors (Lipinski definition) is 4. The lowest BCUT2D eigenvalue weighted by molar-refractivity contribution is -0.140. The lowest BCUT2D eigenvalue weighted by atomic mass is 9.97. The summed E-state index contributed by atoms with van der Waals surface area (Å²) in [5, 5.41) is 34.4. The summed E-state index contributed by atoms with van der Waals surface area (Å²) in [5.41, 5.74) is -2.16. The lowest BCUT2D eigenvalue weighted by Crippen LogP contribution is -2.07. The molecule has 2 aromatic carbocycles. The zero-order valence-electron chi connectivity index (χ0n) is 12.3. The highest BCUT2D eigenvalue weighted by Gasteiger charge is 2.38. The summed E-state index contributed by atoms with van der Waals surface area (Å²) in [7, 11) is 0. The van der Waals surface area contributed by atoms with Gasteiger partial charge in [-0.05, 0) is 29.8 Å². The molecule has 4 N–H and O–H groups in total. The molecular weight excluding hydrogens is 344 g/mol. The quantitative estimate of drug-likeness (QED) is 0.413. The fourth-order valence-electron chi connectivity index (χ4n) is 2.40. The SMILES string of the molecule is Oc1ccc(-c2n[nH]c(C(F)(F)F)c2-c2ccc(F)cc2)c(O)c1O. The number of aromatic hydroxyl groups is 3. The maximum absolute atomic E-state index is 13.3. The average Bonchev–Trinajstić information content (AvgIpc) is 2.98. The number of phenolic OH excluding ortho intramolecular Hbond substituents is 3. The van der Waals surface area contributed by atoms with Gasteiger partial charge in [0.05, 0.1) is 0 Å². The average molecular weight is 354 g/mol. The normalized spacial score (nSPS) is 11.7. The fraction of sp³-hybridized carbons (Fsp3) is 0.0625. The van der Waals surface area contributed by atoms with Gasteiger partial charge < -0.3 is 15.3 Å². The van der Waals surface area contributed by atoms with Gasteiger partial charge in [-0.25, -0.2) is 4.39 Å². The van der Waals surface area contributed by atoms with Gasteiger partial charge >= 0.3 is 6.18 Å². The fourth-order valence-corrected chi connectivity index (χ4v) is 2.40. The van der Waals surface area contributed by atoms with Gasteiger partial charge in [0.15, 0.2) is 11.5 Å². The number of alkyl halides is 3. The maximum atomic E-state index is 13.3. The van der Waals surface area contributed by atoms with Crippen molar-refractivity contribution in [3.8, 4) is 39.6 Å². The molecule has 0 saturated carbocycles. The smallest absolute Gasteiger partial charge is 0.433 e. The van der Waals surface area contributed by atoms with Crippen LogP contribution < -0.4 is 0 Å². The van der Waals surface area contributed by atoms with E-state index in [2.05, 4.69) is 5.10 Å². The second kappa shape index (κ2) is 5.69. The molecule has 130 valence electrons. The Kier molecular flexibility index (Phi) is 3.78. The molecule has 0 amide bonds. The van der Waals surface area contributed by atoms with Gasteiger partial charge in [0.25, 0.3) is 0 Å². The molecule has 5 nitrogen and oxygen atoms in total. The Balaban J connectivity index is 2.30. The standard InChI is InChI=1S/C16H10F4N2O3/c17-8-3-1-7(2-4-8)11-12(21-22-15(11)16(18,19)20)9-5-6-10(23)14(25)13(9)24/h1-6,23-25H,(H,21,22). The minimum absolute atomic E-state index is 0.00411. The number of nitrogens with zero attached hydrogens (tertiary/aromatic N) is 1. The van der Waals surface area contributed by atoms with Crippen molar-refractivity contribution in [2.75, 3.05) is 0 Å². The van der Waals surface area contributed by atoms with Gasteiger partial charge in [-0.1, -0.05) is 12.1 Å². The Labute approximate surface area is 137 Å². The Morgan fingerprint density at radius 2 is 1.52 bits per heavy atom. The first-order valence-electron chi connectivity index (χ1n) is 6.86. The van der Waals surface area contributed by atoms with Crippen molar-refractivity contribution in [3.63, 3.8) is 0 Å². The van der Waals surface area contributed by atoms with Gasteiger partial charge in [0, 0.05) is 11.1 Å². The Hall–Kier alpha value is -3.23. The van der Waals surface area contributed by atoms with Crippen LogP contribution in [0.5, 0.6) is 17.2 Å². The van der Waals surface area contributed by atoms with Crippen molar-refractivity contribution in [2.24, 2.45) is 0 Å². The van der Waals surface area contributed by atoms with Crippen LogP contribution in [0.2, 0.25) is 0 Å². The summed E-state index contributed by atoms with van der Waals surface area (Å²) in [4.78, 5) is 0. The molecule has 0 atom stereocenters. The predicted molar refractivity (Wildman–Crippen MR) is 79.4 cm³/mol. The molecule has 0 radical (unpaired) electrons. The molecule has 0 bridgehead atoms. The van der Waals surface area contributed by atoms with E-state index in [1.165, 1.54) is 0 Å². The zero-order valence-corrected chi connectivity index (χ0v) is 12.3. The summed E-state index contributed by atoms with van der Waals surface area (Å²) < 4.78 is 53.0. The van der Waals surface area contributed by atoms with Crippen LogP contribution in [-0.4, -0.2) is 25.5 Å². The predicted octanol–water partition coefficient (Wildman–Crippen LogP) is 4.02. The van der Waals surface area contributed by atoms with Crippen LogP contribution in [0.1, 0.15) is 5.69 Å². The van der Waals surface area contributed by atoms with Crippen molar-refractivity contribution >= 4 is 0 Å². The number of benzene rings is 2. The van der Waals surface area contributed by atoms with Crippen molar-refractivity contribution in [1.29, 1.82) is 0 Å². The van der Waals surface area contributed by atoms with Crippen LogP contribution in [0.4, 0.5) is 17.6 Å². The molecule has 0 fully saturated rings. The summed E-state index contributed by atoms with van der Waals surface area (Å²) in [6.45, 7) is 0. The van der Waals surface area contributed by atoms with Crippen LogP contribution in [-0.2, 0) is 6.18 Å². The van der Waals surface area contributed by atoms with Gasteiger partial charge in [0.2, 0.25) is 5.75 Å². The van der Waals surface area contributed by atoms with Crippen LogP contribution in [0.15, 0.2) is 36.4 Å². The molecule has 9 heteroatoms. The van der Waals surface area contributed by atoms with Gasteiger partial charge in [-0.2, -0.15) is 18.3 Å². The molecule has 1 aromatic heterocycles. The third-order valence-electron chi connectivity index (χ3n) is 3.57. The molecule has 3 aromatic rings. The number of aromatic nitrogens is 2. The van der Waals surface area contributed by atoms with Crippen molar-refractivity contribution in [3.05, 3.63) is 47.9 Å². The van der Waals surface area contributed by atoms with Crippen molar-refractivity contribution < 1.29 is 32.9 Å². The molecular formula is C16H10F4N2O3. The van der Waals surface area contributed by atoms with Crippen molar-refractivity contribution in [1.82, 2.24) is 10.2 Å². The number of halogens is 4. The number of aromatic amines is 1.